The smallest absolute Gasteiger partial charge is 0.165 e. The number of ether oxygens (including phenoxy) is 1. The number of para-hydroxylation sites is 1. The summed E-state index contributed by atoms with van der Waals surface area (Å²) in [5.74, 6) is 0.819. The van der Waals surface area contributed by atoms with Crippen molar-refractivity contribution in [3.8, 4) is 11.4 Å². The number of aryl methyl sites for hydroxylation is 1. The first-order valence-corrected chi connectivity index (χ1v) is 8.59. The summed E-state index contributed by atoms with van der Waals surface area (Å²) >= 11 is 0. The summed E-state index contributed by atoms with van der Waals surface area (Å²) in [5, 5.41) is 9.97. The summed E-state index contributed by atoms with van der Waals surface area (Å²) < 4.78 is 7.02. The molecule has 0 unspecified atom stereocenters. The Morgan fingerprint density at radius 1 is 1.04 bits per heavy atom. The Kier molecular flexibility index (Phi) is 4.53. The van der Waals surface area contributed by atoms with E-state index < -0.39 is 0 Å². The van der Waals surface area contributed by atoms with Crippen LogP contribution in [0.25, 0.3) is 16.7 Å². The van der Waals surface area contributed by atoms with E-state index in [4.69, 9.17) is 4.74 Å². The van der Waals surface area contributed by atoms with Crippen molar-refractivity contribution in [2.24, 2.45) is 5.10 Å². The number of rotatable bonds is 5. The first-order chi connectivity index (χ1) is 13.3. The molecule has 0 amide bonds. The van der Waals surface area contributed by atoms with Crippen LogP contribution in [-0.2, 0) is 0 Å². The molecule has 0 aliphatic rings. The molecule has 2 aromatic carbocycles. The third-order valence-electron chi connectivity index (χ3n) is 4.26. The molecule has 27 heavy (non-hydrogen) atoms. The molecule has 0 atom stereocenters. The number of nitrogens with zero attached hydrogens (tertiary/aromatic N) is 4. The summed E-state index contributed by atoms with van der Waals surface area (Å²) in [6, 6.07) is 19.6. The van der Waals surface area contributed by atoms with Crippen molar-refractivity contribution in [3.05, 3.63) is 78.1 Å². The molecule has 6 nitrogen and oxygen atoms in total. The summed E-state index contributed by atoms with van der Waals surface area (Å²) in [6.45, 7) is 1.97. The summed E-state index contributed by atoms with van der Waals surface area (Å²) in [4.78, 5) is 4.52. The van der Waals surface area contributed by atoms with Crippen LogP contribution < -0.4 is 10.2 Å². The van der Waals surface area contributed by atoms with Crippen LogP contribution >= 0.6 is 0 Å². The summed E-state index contributed by atoms with van der Waals surface area (Å²) in [6.07, 6.45) is 3.52. The predicted octanol–water partition coefficient (Wildman–Crippen LogP) is 4.18. The lowest BCUT2D eigenvalue weighted by molar-refractivity contribution is 0.415. The maximum atomic E-state index is 5.17. The Labute approximate surface area is 157 Å². The fraction of sp³-hybridized carbons (Fsp3) is 0.0952. The SMILES string of the molecule is COc1ccc(C=NNc2ccnc3c2c(C)nn3-c2ccccc2)cc1. The van der Waals surface area contributed by atoms with Gasteiger partial charge in [0.2, 0.25) is 0 Å². The number of hydrogen-bond donors (Lipinski definition) is 1. The van der Waals surface area contributed by atoms with Crippen LogP contribution in [0.15, 0.2) is 72.0 Å². The molecular formula is C21H19N5O. The van der Waals surface area contributed by atoms with E-state index in [1.54, 1.807) is 19.5 Å². The first kappa shape index (κ1) is 16.8. The van der Waals surface area contributed by atoms with Crippen LogP contribution in [0.3, 0.4) is 0 Å². The average molecular weight is 357 g/mol. The molecule has 134 valence electrons. The largest absolute Gasteiger partial charge is 0.497 e. The van der Waals surface area contributed by atoms with Crippen LogP contribution in [0, 0.1) is 6.92 Å². The van der Waals surface area contributed by atoms with Crippen molar-refractivity contribution in [1.82, 2.24) is 14.8 Å². The molecule has 4 aromatic rings. The molecule has 0 radical (unpaired) electrons. The van der Waals surface area contributed by atoms with Crippen LogP contribution in [0.5, 0.6) is 5.75 Å². The van der Waals surface area contributed by atoms with E-state index in [1.807, 2.05) is 72.3 Å². The van der Waals surface area contributed by atoms with Gasteiger partial charge in [-0.3, -0.25) is 5.43 Å². The van der Waals surface area contributed by atoms with E-state index in [-0.39, 0.29) is 0 Å². The molecule has 1 N–H and O–H groups in total. The molecule has 2 heterocycles. The van der Waals surface area contributed by atoms with Gasteiger partial charge in [-0.2, -0.15) is 10.2 Å². The fourth-order valence-electron chi connectivity index (χ4n) is 2.92. The highest BCUT2D eigenvalue weighted by atomic mass is 16.5. The minimum Gasteiger partial charge on any atom is -0.497 e. The fourth-order valence-corrected chi connectivity index (χ4v) is 2.92. The Balaban J connectivity index is 1.64. The van der Waals surface area contributed by atoms with Gasteiger partial charge in [-0.05, 0) is 55.0 Å². The second-order valence-corrected chi connectivity index (χ2v) is 6.03. The van der Waals surface area contributed by atoms with Gasteiger partial charge >= 0.3 is 0 Å². The van der Waals surface area contributed by atoms with Crippen molar-refractivity contribution in [2.45, 2.75) is 6.92 Å². The van der Waals surface area contributed by atoms with Crippen LogP contribution in [0.1, 0.15) is 11.3 Å². The topological polar surface area (TPSA) is 64.3 Å². The van der Waals surface area contributed by atoms with Gasteiger partial charge in [-0.25, -0.2) is 9.67 Å². The maximum Gasteiger partial charge on any atom is 0.165 e. The molecule has 0 aliphatic heterocycles. The molecule has 0 bridgehead atoms. The normalized spacial score (nSPS) is 11.2. The van der Waals surface area contributed by atoms with Crippen molar-refractivity contribution in [1.29, 1.82) is 0 Å². The average Bonchev–Trinajstić information content (AvgIpc) is 3.07. The van der Waals surface area contributed by atoms with Crippen molar-refractivity contribution in [2.75, 3.05) is 12.5 Å². The summed E-state index contributed by atoms with van der Waals surface area (Å²) in [5.41, 5.74) is 7.62. The van der Waals surface area contributed by atoms with Gasteiger partial charge < -0.3 is 4.74 Å². The minimum absolute atomic E-state index is 0.795. The molecule has 0 saturated carbocycles. The first-order valence-electron chi connectivity index (χ1n) is 8.59. The molecule has 4 rings (SSSR count). The number of nitrogens with one attached hydrogen (secondary N) is 1. The van der Waals surface area contributed by atoms with Crippen LogP contribution in [0.4, 0.5) is 5.69 Å². The standard InChI is InChI=1S/C21H19N5O/c1-15-20-19(24-23-14-16-8-10-18(27-2)11-9-16)12-13-22-21(20)26(25-15)17-6-4-3-5-7-17/h3-14H,1-2H3,(H,22,24). The second kappa shape index (κ2) is 7.29. The van der Waals surface area contributed by atoms with Gasteiger partial charge in [-0.1, -0.05) is 18.2 Å². The van der Waals surface area contributed by atoms with Crippen molar-refractivity contribution < 1.29 is 4.74 Å². The molecule has 0 spiro atoms. The number of fused-ring (bicyclic) bond motifs is 1. The zero-order valence-corrected chi connectivity index (χ0v) is 15.1. The Bertz CT molecular complexity index is 1080. The predicted molar refractivity (Wildman–Crippen MR) is 108 cm³/mol. The number of hydrogen-bond acceptors (Lipinski definition) is 5. The lowest BCUT2D eigenvalue weighted by atomic mass is 10.2. The van der Waals surface area contributed by atoms with E-state index in [9.17, 15) is 0 Å². The van der Waals surface area contributed by atoms with E-state index in [0.717, 1.165) is 39.4 Å². The molecule has 2 aromatic heterocycles. The van der Waals surface area contributed by atoms with E-state index in [2.05, 4.69) is 20.6 Å². The molecule has 6 heteroatoms. The summed E-state index contributed by atoms with van der Waals surface area (Å²) in [7, 11) is 1.65. The van der Waals surface area contributed by atoms with Gasteiger partial charge in [0, 0.05) is 6.20 Å². The quantitative estimate of drug-likeness (QED) is 0.430. The van der Waals surface area contributed by atoms with Gasteiger partial charge in [0.1, 0.15) is 5.75 Å². The zero-order chi connectivity index (χ0) is 18.6. The van der Waals surface area contributed by atoms with Crippen molar-refractivity contribution >= 4 is 22.9 Å². The van der Waals surface area contributed by atoms with Gasteiger partial charge in [-0.15, -0.1) is 0 Å². The molecule has 0 saturated heterocycles. The molecular weight excluding hydrogens is 338 g/mol. The number of aromatic nitrogens is 3. The van der Waals surface area contributed by atoms with Crippen LogP contribution in [0.2, 0.25) is 0 Å². The number of methoxy groups -OCH3 is 1. The zero-order valence-electron chi connectivity index (χ0n) is 15.1. The lowest BCUT2D eigenvalue weighted by Crippen LogP contribution is -1.97. The number of pyridine rings is 1. The van der Waals surface area contributed by atoms with Gasteiger partial charge in [0.15, 0.2) is 5.65 Å². The molecule has 0 aliphatic carbocycles. The Morgan fingerprint density at radius 2 is 1.81 bits per heavy atom. The maximum absolute atomic E-state index is 5.17. The number of hydrazone groups is 1. The van der Waals surface area contributed by atoms with Gasteiger partial charge in [0.25, 0.3) is 0 Å². The Morgan fingerprint density at radius 3 is 2.56 bits per heavy atom. The van der Waals surface area contributed by atoms with Crippen molar-refractivity contribution in [3.63, 3.8) is 0 Å². The minimum atomic E-state index is 0.795. The number of anilines is 1. The van der Waals surface area contributed by atoms with Gasteiger partial charge in [0.05, 0.1) is 35.8 Å². The van der Waals surface area contributed by atoms with E-state index in [0.29, 0.717) is 0 Å². The lowest BCUT2D eigenvalue weighted by Gasteiger charge is -2.04. The highest BCUT2D eigenvalue weighted by Crippen LogP contribution is 2.26. The van der Waals surface area contributed by atoms with Crippen LogP contribution in [-0.4, -0.2) is 28.1 Å². The second-order valence-electron chi connectivity index (χ2n) is 6.03. The van der Waals surface area contributed by atoms with E-state index >= 15 is 0 Å². The third-order valence-corrected chi connectivity index (χ3v) is 4.26. The molecule has 0 fully saturated rings. The number of benzene rings is 2. The monoisotopic (exact) mass is 357 g/mol. The van der Waals surface area contributed by atoms with E-state index in [1.165, 1.54) is 0 Å². The Hall–Kier alpha value is -3.67. The highest BCUT2D eigenvalue weighted by Gasteiger charge is 2.13. The highest BCUT2D eigenvalue weighted by molar-refractivity contribution is 5.92. The third kappa shape index (κ3) is 3.37.